The van der Waals surface area contributed by atoms with E-state index in [2.05, 4.69) is 50.3 Å². The van der Waals surface area contributed by atoms with Gasteiger partial charge >= 0.3 is 0 Å². The van der Waals surface area contributed by atoms with Crippen LogP contribution < -0.4 is 10.9 Å². The van der Waals surface area contributed by atoms with Gasteiger partial charge in [-0.3, -0.25) is 4.79 Å². The average Bonchev–Trinajstić information content (AvgIpc) is 3.78. The Bertz CT molecular complexity index is 1650. The van der Waals surface area contributed by atoms with E-state index in [1.54, 1.807) is 6.20 Å². The number of hydrogen-bond acceptors (Lipinski definition) is 5. The summed E-state index contributed by atoms with van der Waals surface area (Å²) >= 11 is 6.16. The summed E-state index contributed by atoms with van der Waals surface area (Å²) in [7, 11) is 0. The standard InChI is InChI=1S/C27H23ClN6O/c28-18-3-1-2-16(8-18)20-9-21(20)26-32-23-10-24(30-12-22(23)27(35)33-26)29-11-19-14-34-13-17(15-4-5-15)6-7-25(34)31-19/h1-3,6-8,10,12-15,20-21H,4-5,9,11H2,(H,29,30)(H,32,33,35)/t20-,21+/m1/s1. The second-order valence-corrected chi connectivity index (χ2v) is 10.1. The summed E-state index contributed by atoms with van der Waals surface area (Å²) < 4.78 is 2.10. The fourth-order valence-electron chi connectivity index (χ4n) is 4.91. The molecule has 0 bridgehead atoms. The number of imidazole rings is 1. The molecule has 2 aliphatic rings. The number of fused-ring (bicyclic) bond motifs is 2. The van der Waals surface area contributed by atoms with E-state index >= 15 is 0 Å². The van der Waals surface area contributed by atoms with Crippen LogP contribution >= 0.6 is 11.6 Å². The number of halogens is 1. The maximum Gasteiger partial charge on any atom is 0.260 e. The van der Waals surface area contributed by atoms with Crippen LogP contribution in [-0.2, 0) is 6.54 Å². The first-order valence-electron chi connectivity index (χ1n) is 12.0. The fourth-order valence-corrected chi connectivity index (χ4v) is 5.11. The Labute approximate surface area is 206 Å². The molecule has 7 rings (SSSR count). The Morgan fingerprint density at radius 1 is 1.06 bits per heavy atom. The summed E-state index contributed by atoms with van der Waals surface area (Å²) in [5, 5.41) is 4.55. The smallest absolute Gasteiger partial charge is 0.260 e. The number of anilines is 1. The van der Waals surface area contributed by atoms with Gasteiger partial charge in [0.2, 0.25) is 0 Å². The predicted molar refractivity (Wildman–Crippen MR) is 136 cm³/mol. The van der Waals surface area contributed by atoms with Gasteiger partial charge in [-0.2, -0.15) is 0 Å². The summed E-state index contributed by atoms with van der Waals surface area (Å²) in [6, 6.07) is 14.0. The molecule has 0 aliphatic heterocycles. The maximum atomic E-state index is 12.7. The Hall–Kier alpha value is -3.71. The molecule has 4 aromatic heterocycles. The molecule has 0 spiro atoms. The van der Waals surface area contributed by atoms with Crippen LogP contribution in [0.4, 0.5) is 5.82 Å². The fraction of sp³-hybridized carbons (Fsp3) is 0.259. The number of pyridine rings is 2. The van der Waals surface area contributed by atoms with E-state index in [1.165, 1.54) is 24.0 Å². The molecule has 8 heteroatoms. The van der Waals surface area contributed by atoms with Crippen molar-refractivity contribution < 1.29 is 0 Å². The molecular formula is C27H23ClN6O. The predicted octanol–water partition coefficient (Wildman–Crippen LogP) is 5.38. The summed E-state index contributed by atoms with van der Waals surface area (Å²) in [5.41, 5.74) is 4.91. The zero-order valence-electron chi connectivity index (χ0n) is 18.9. The van der Waals surface area contributed by atoms with Crippen LogP contribution in [0.25, 0.3) is 16.6 Å². The highest BCUT2D eigenvalue weighted by Crippen LogP contribution is 2.53. The van der Waals surface area contributed by atoms with Crippen LogP contribution in [0.5, 0.6) is 0 Å². The van der Waals surface area contributed by atoms with Gasteiger partial charge in [0.25, 0.3) is 5.56 Å². The van der Waals surface area contributed by atoms with Crippen molar-refractivity contribution in [1.29, 1.82) is 0 Å². The molecule has 4 heterocycles. The van der Waals surface area contributed by atoms with Crippen LogP contribution in [0.2, 0.25) is 5.02 Å². The van der Waals surface area contributed by atoms with E-state index in [4.69, 9.17) is 21.6 Å². The van der Waals surface area contributed by atoms with Gasteiger partial charge in [-0.05, 0) is 60.4 Å². The van der Waals surface area contributed by atoms with Crippen molar-refractivity contribution >= 4 is 34.0 Å². The van der Waals surface area contributed by atoms with Crippen molar-refractivity contribution in [2.24, 2.45) is 0 Å². The number of hydrogen-bond donors (Lipinski definition) is 2. The van der Waals surface area contributed by atoms with Crippen molar-refractivity contribution in [2.75, 3.05) is 5.32 Å². The summed E-state index contributed by atoms with van der Waals surface area (Å²) in [4.78, 5) is 29.6. The van der Waals surface area contributed by atoms with Gasteiger partial charge in [0.05, 0.1) is 23.1 Å². The lowest BCUT2D eigenvalue weighted by atomic mass is 10.1. The van der Waals surface area contributed by atoms with E-state index < -0.39 is 0 Å². The molecule has 1 aromatic carbocycles. The molecule has 2 fully saturated rings. The highest BCUT2D eigenvalue weighted by Gasteiger charge is 2.41. The second-order valence-electron chi connectivity index (χ2n) is 9.63. The number of aromatic nitrogens is 5. The maximum absolute atomic E-state index is 12.7. The lowest BCUT2D eigenvalue weighted by Crippen LogP contribution is -2.12. The molecule has 174 valence electrons. The largest absolute Gasteiger partial charge is 0.364 e. The molecule has 2 atom stereocenters. The van der Waals surface area contributed by atoms with Crippen molar-refractivity contribution in [3.05, 3.63) is 99.1 Å². The SMILES string of the molecule is O=c1[nH]c([C@H]2C[C@@H]2c2cccc(Cl)c2)nc2cc(NCc3cn4cc(C5CC5)ccc4n3)ncc12. The normalized spacial score (nSPS) is 19.3. The summed E-state index contributed by atoms with van der Waals surface area (Å²) in [6.07, 6.45) is 9.33. The quantitative estimate of drug-likeness (QED) is 0.339. The van der Waals surface area contributed by atoms with E-state index in [1.807, 2.05) is 24.3 Å². The van der Waals surface area contributed by atoms with Gasteiger partial charge < -0.3 is 14.7 Å². The average molecular weight is 483 g/mol. The number of H-pyrrole nitrogens is 1. The molecule has 7 nitrogen and oxygen atoms in total. The molecule has 2 N–H and O–H groups in total. The zero-order chi connectivity index (χ0) is 23.5. The van der Waals surface area contributed by atoms with Gasteiger partial charge in [0.1, 0.15) is 17.3 Å². The van der Waals surface area contributed by atoms with E-state index in [0.717, 1.165) is 28.6 Å². The number of aromatic amines is 1. The first-order valence-corrected chi connectivity index (χ1v) is 12.4. The molecule has 2 saturated carbocycles. The number of nitrogens with zero attached hydrogens (tertiary/aromatic N) is 4. The molecule has 0 unspecified atom stereocenters. The molecular weight excluding hydrogens is 460 g/mol. The third kappa shape index (κ3) is 3.96. The third-order valence-electron chi connectivity index (χ3n) is 7.05. The van der Waals surface area contributed by atoms with Crippen molar-refractivity contribution in [2.45, 2.75) is 43.6 Å². The Kier molecular flexibility index (Phi) is 4.67. The van der Waals surface area contributed by atoms with Crippen molar-refractivity contribution in [3.8, 4) is 0 Å². The monoisotopic (exact) mass is 482 g/mol. The molecule has 5 aromatic rings. The van der Waals surface area contributed by atoms with Gasteiger partial charge in [-0.15, -0.1) is 0 Å². The van der Waals surface area contributed by atoms with Crippen LogP contribution in [0.3, 0.4) is 0 Å². The first kappa shape index (κ1) is 20.6. The number of benzene rings is 1. The first-order chi connectivity index (χ1) is 17.1. The topological polar surface area (TPSA) is 88.0 Å². The van der Waals surface area contributed by atoms with Gasteiger partial charge in [0.15, 0.2) is 0 Å². The highest BCUT2D eigenvalue weighted by molar-refractivity contribution is 6.30. The van der Waals surface area contributed by atoms with Crippen molar-refractivity contribution in [3.63, 3.8) is 0 Å². The lowest BCUT2D eigenvalue weighted by Gasteiger charge is -2.06. The molecule has 35 heavy (non-hydrogen) atoms. The molecule has 0 amide bonds. The molecule has 0 radical (unpaired) electrons. The van der Waals surface area contributed by atoms with Crippen LogP contribution in [-0.4, -0.2) is 24.3 Å². The Balaban J connectivity index is 1.11. The van der Waals surface area contributed by atoms with Gasteiger partial charge in [-0.25, -0.2) is 15.0 Å². The highest BCUT2D eigenvalue weighted by atomic mass is 35.5. The van der Waals surface area contributed by atoms with E-state index in [0.29, 0.717) is 35.1 Å². The Morgan fingerprint density at radius 3 is 2.83 bits per heavy atom. The van der Waals surface area contributed by atoms with Crippen LogP contribution in [0.1, 0.15) is 59.7 Å². The van der Waals surface area contributed by atoms with Crippen LogP contribution in [0, 0.1) is 0 Å². The third-order valence-corrected chi connectivity index (χ3v) is 7.29. The minimum absolute atomic E-state index is 0.160. The number of nitrogens with one attached hydrogen (secondary N) is 2. The second kappa shape index (κ2) is 7.92. The lowest BCUT2D eigenvalue weighted by molar-refractivity contribution is 0.897. The summed E-state index contributed by atoms with van der Waals surface area (Å²) in [6.45, 7) is 0.536. The van der Waals surface area contributed by atoms with Gasteiger partial charge in [-0.1, -0.05) is 29.8 Å². The van der Waals surface area contributed by atoms with E-state index in [9.17, 15) is 4.79 Å². The summed E-state index contributed by atoms with van der Waals surface area (Å²) in [5.74, 6) is 2.61. The molecule has 0 saturated heterocycles. The minimum Gasteiger partial charge on any atom is -0.364 e. The number of rotatable bonds is 6. The molecule has 2 aliphatic carbocycles. The van der Waals surface area contributed by atoms with Crippen molar-refractivity contribution in [1.82, 2.24) is 24.3 Å². The Morgan fingerprint density at radius 2 is 1.97 bits per heavy atom. The van der Waals surface area contributed by atoms with E-state index in [-0.39, 0.29) is 11.5 Å². The van der Waals surface area contributed by atoms with Crippen LogP contribution in [0.15, 0.2) is 65.8 Å². The zero-order valence-corrected chi connectivity index (χ0v) is 19.7. The van der Waals surface area contributed by atoms with Gasteiger partial charge in [0, 0.05) is 35.6 Å². The minimum atomic E-state index is -0.160.